The molecule has 2 aromatic heterocycles. The Hall–Kier alpha value is -2.62. The SMILES string of the molecule is CC1(C)CCC(O)(/C=C\c2cccnc2F)CC1.CC1(C)CCC(O)(C#Cc2cccnc2F)CC1. The van der Waals surface area contributed by atoms with E-state index in [1.807, 2.05) is 0 Å². The molecule has 4 rings (SSSR count). The van der Waals surface area contributed by atoms with Crippen LogP contribution in [0.2, 0.25) is 0 Å². The van der Waals surface area contributed by atoms with Gasteiger partial charge in [-0.25, -0.2) is 9.97 Å². The van der Waals surface area contributed by atoms with E-state index in [9.17, 15) is 19.0 Å². The fraction of sp³-hybridized carbons (Fsp3) is 0.533. The first kappa shape index (κ1) is 28.0. The van der Waals surface area contributed by atoms with Crippen LogP contribution in [-0.4, -0.2) is 31.4 Å². The van der Waals surface area contributed by atoms with Gasteiger partial charge in [0.1, 0.15) is 5.60 Å². The second kappa shape index (κ2) is 11.2. The predicted molar refractivity (Wildman–Crippen MR) is 139 cm³/mol. The predicted octanol–water partition coefficient (Wildman–Crippen LogP) is 6.47. The molecule has 0 radical (unpaired) electrons. The van der Waals surface area contributed by atoms with Crippen molar-refractivity contribution in [3.8, 4) is 11.8 Å². The lowest BCUT2D eigenvalue weighted by Crippen LogP contribution is -2.35. The minimum atomic E-state index is -0.974. The van der Waals surface area contributed by atoms with Gasteiger partial charge in [-0.2, -0.15) is 8.78 Å². The van der Waals surface area contributed by atoms with E-state index in [0.717, 1.165) is 38.5 Å². The molecule has 36 heavy (non-hydrogen) atoms. The highest BCUT2D eigenvalue weighted by molar-refractivity contribution is 5.49. The van der Waals surface area contributed by atoms with Gasteiger partial charge in [0.25, 0.3) is 0 Å². The van der Waals surface area contributed by atoms with Crippen molar-refractivity contribution in [1.29, 1.82) is 0 Å². The number of nitrogens with zero attached hydrogens (tertiary/aromatic N) is 2. The Morgan fingerprint density at radius 3 is 1.86 bits per heavy atom. The molecule has 2 saturated carbocycles. The van der Waals surface area contributed by atoms with Crippen LogP contribution in [0.3, 0.4) is 0 Å². The molecule has 0 saturated heterocycles. The Morgan fingerprint density at radius 1 is 0.778 bits per heavy atom. The molecule has 4 nitrogen and oxygen atoms in total. The third-order valence-corrected chi connectivity index (χ3v) is 7.45. The summed E-state index contributed by atoms with van der Waals surface area (Å²) in [6.07, 6.45) is 12.8. The molecule has 0 aliphatic heterocycles. The Balaban J connectivity index is 0.000000201. The van der Waals surface area contributed by atoms with Gasteiger partial charge in [-0.1, -0.05) is 51.7 Å². The molecule has 0 unspecified atom stereocenters. The second-order valence-electron chi connectivity index (χ2n) is 11.8. The van der Waals surface area contributed by atoms with Crippen LogP contribution in [0.5, 0.6) is 0 Å². The molecule has 0 amide bonds. The summed E-state index contributed by atoms with van der Waals surface area (Å²) in [7, 11) is 0. The Kier molecular flexibility index (Phi) is 8.69. The van der Waals surface area contributed by atoms with Crippen LogP contribution in [0.25, 0.3) is 6.08 Å². The van der Waals surface area contributed by atoms with E-state index < -0.39 is 23.1 Å². The van der Waals surface area contributed by atoms with Crippen molar-refractivity contribution in [2.75, 3.05) is 0 Å². The maximum Gasteiger partial charge on any atom is 0.228 e. The summed E-state index contributed by atoms with van der Waals surface area (Å²) >= 11 is 0. The van der Waals surface area contributed by atoms with Crippen LogP contribution in [0.4, 0.5) is 8.78 Å². The fourth-order valence-electron chi connectivity index (χ4n) is 4.42. The van der Waals surface area contributed by atoms with Crippen molar-refractivity contribution in [3.63, 3.8) is 0 Å². The number of pyridine rings is 2. The summed E-state index contributed by atoms with van der Waals surface area (Å²) in [6, 6.07) is 6.57. The first-order chi connectivity index (χ1) is 16.8. The van der Waals surface area contributed by atoms with Crippen molar-refractivity contribution >= 4 is 6.08 Å². The van der Waals surface area contributed by atoms with E-state index in [2.05, 4.69) is 49.5 Å². The van der Waals surface area contributed by atoms with Crippen molar-refractivity contribution in [2.24, 2.45) is 10.8 Å². The zero-order chi connectivity index (χ0) is 26.5. The van der Waals surface area contributed by atoms with Gasteiger partial charge in [0, 0.05) is 18.0 Å². The minimum Gasteiger partial charge on any atom is -0.386 e. The topological polar surface area (TPSA) is 66.2 Å². The lowest BCUT2D eigenvalue weighted by Gasteiger charge is -2.38. The number of hydrogen-bond donors (Lipinski definition) is 2. The van der Waals surface area contributed by atoms with Gasteiger partial charge in [0.2, 0.25) is 11.9 Å². The van der Waals surface area contributed by atoms with Crippen LogP contribution in [0, 0.1) is 34.6 Å². The van der Waals surface area contributed by atoms with Crippen molar-refractivity contribution in [3.05, 3.63) is 65.8 Å². The van der Waals surface area contributed by atoms with Gasteiger partial charge >= 0.3 is 0 Å². The highest BCUT2D eigenvalue weighted by Crippen LogP contribution is 2.41. The molecule has 2 heterocycles. The normalized spacial score (nSPS) is 21.6. The van der Waals surface area contributed by atoms with Crippen LogP contribution < -0.4 is 0 Å². The molecule has 0 atom stereocenters. The number of hydrogen-bond acceptors (Lipinski definition) is 4. The third kappa shape index (κ3) is 8.21. The number of halogens is 2. The summed E-state index contributed by atoms with van der Waals surface area (Å²) in [4.78, 5) is 7.13. The quantitative estimate of drug-likeness (QED) is 0.369. The molecule has 0 bridgehead atoms. The molecule has 2 aliphatic rings. The molecule has 0 spiro atoms. The van der Waals surface area contributed by atoms with Crippen molar-refractivity contribution in [1.82, 2.24) is 9.97 Å². The van der Waals surface area contributed by atoms with E-state index in [4.69, 9.17) is 0 Å². The largest absolute Gasteiger partial charge is 0.386 e. The molecular formula is C30H38F2N2O2. The highest BCUT2D eigenvalue weighted by Gasteiger charge is 2.36. The lowest BCUT2D eigenvalue weighted by atomic mass is 9.71. The van der Waals surface area contributed by atoms with Crippen LogP contribution in [0.1, 0.15) is 90.2 Å². The minimum absolute atomic E-state index is 0.246. The summed E-state index contributed by atoms with van der Waals surface area (Å²) < 4.78 is 26.6. The Bertz CT molecular complexity index is 1110. The van der Waals surface area contributed by atoms with Crippen molar-refractivity contribution < 1.29 is 19.0 Å². The molecule has 2 fully saturated rings. The van der Waals surface area contributed by atoms with Gasteiger partial charge in [-0.05, 0) is 86.5 Å². The number of aromatic nitrogens is 2. The van der Waals surface area contributed by atoms with Gasteiger partial charge in [-0.3, -0.25) is 0 Å². The summed E-state index contributed by atoms with van der Waals surface area (Å²) in [5.41, 5.74) is -0.519. The third-order valence-electron chi connectivity index (χ3n) is 7.45. The molecule has 2 N–H and O–H groups in total. The monoisotopic (exact) mass is 496 g/mol. The smallest absolute Gasteiger partial charge is 0.228 e. The average Bonchev–Trinajstić information content (AvgIpc) is 2.83. The van der Waals surface area contributed by atoms with E-state index in [1.165, 1.54) is 12.4 Å². The van der Waals surface area contributed by atoms with Gasteiger partial charge in [0.15, 0.2) is 0 Å². The van der Waals surface area contributed by atoms with E-state index in [-0.39, 0.29) is 11.0 Å². The average molecular weight is 497 g/mol. The molecule has 2 aromatic rings. The lowest BCUT2D eigenvalue weighted by molar-refractivity contribution is 0.0156. The summed E-state index contributed by atoms with van der Waals surface area (Å²) in [5, 5.41) is 20.8. The number of rotatable bonds is 2. The molecule has 2 aliphatic carbocycles. The summed E-state index contributed by atoms with van der Waals surface area (Å²) in [6.45, 7) is 8.83. The molecule has 6 heteroatoms. The fourth-order valence-corrected chi connectivity index (χ4v) is 4.42. The van der Waals surface area contributed by atoms with Gasteiger partial charge in [-0.15, -0.1) is 0 Å². The second-order valence-corrected chi connectivity index (χ2v) is 11.8. The zero-order valence-corrected chi connectivity index (χ0v) is 21.8. The molecule has 0 aromatic carbocycles. The highest BCUT2D eigenvalue weighted by atomic mass is 19.1. The maximum atomic E-state index is 13.3. The van der Waals surface area contributed by atoms with Crippen LogP contribution in [-0.2, 0) is 0 Å². The Morgan fingerprint density at radius 2 is 1.31 bits per heavy atom. The molecule has 194 valence electrons. The van der Waals surface area contributed by atoms with E-state index in [0.29, 0.717) is 23.8 Å². The molecular weight excluding hydrogens is 458 g/mol. The summed E-state index contributed by atoms with van der Waals surface area (Å²) in [5.74, 6) is 4.46. The Labute approximate surface area is 213 Å². The maximum absolute atomic E-state index is 13.3. The first-order valence-corrected chi connectivity index (χ1v) is 12.7. The number of aliphatic hydroxyl groups is 2. The first-order valence-electron chi connectivity index (χ1n) is 12.7. The van der Waals surface area contributed by atoms with Crippen LogP contribution in [0.15, 0.2) is 42.7 Å². The van der Waals surface area contributed by atoms with Crippen LogP contribution >= 0.6 is 0 Å². The van der Waals surface area contributed by atoms with Gasteiger partial charge in [0.05, 0.1) is 11.2 Å². The van der Waals surface area contributed by atoms with E-state index in [1.54, 1.807) is 36.4 Å². The van der Waals surface area contributed by atoms with Gasteiger partial charge < -0.3 is 10.2 Å². The zero-order valence-electron chi connectivity index (χ0n) is 21.8. The van der Waals surface area contributed by atoms with E-state index >= 15 is 0 Å². The van der Waals surface area contributed by atoms with Crippen molar-refractivity contribution in [2.45, 2.75) is 90.3 Å². The standard InChI is InChI=1S/C15H20FNO.C15H18FNO/c2*1-14(2)7-9-15(18,10-8-14)6-5-12-4-3-11-17-13(12)16/h3-6,11,18H,7-10H2,1-2H3;3-4,11,18H,7-10H2,1-2H3/b6-5-;.